The first kappa shape index (κ1) is 20.1. The first-order valence-corrected chi connectivity index (χ1v) is 10.7. The van der Waals surface area contributed by atoms with E-state index in [0.29, 0.717) is 12.4 Å². The van der Waals surface area contributed by atoms with Gasteiger partial charge in [-0.25, -0.2) is 9.97 Å². The summed E-state index contributed by atoms with van der Waals surface area (Å²) in [5.74, 6) is 1.22. The van der Waals surface area contributed by atoms with E-state index in [4.69, 9.17) is 4.98 Å². The number of carbonyl (C=O) groups is 1. The van der Waals surface area contributed by atoms with Crippen molar-refractivity contribution in [2.24, 2.45) is 0 Å². The maximum Gasteiger partial charge on any atom is 0.232 e. The van der Waals surface area contributed by atoms with Crippen LogP contribution in [0.2, 0.25) is 0 Å². The molecule has 1 fully saturated rings. The van der Waals surface area contributed by atoms with Gasteiger partial charge in [0, 0.05) is 24.8 Å². The molecular weight excluding hydrogens is 372 g/mol. The van der Waals surface area contributed by atoms with E-state index in [0.717, 1.165) is 35.7 Å². The zero-order valence-electron chi connectivity index (χ0n) is 17.4. The van der Waals surface area contributed by atoms with E-state index in [9.17, 15) is 4.79 Å². The maximum absolute atomic E-state index is 13.2. The van der Waals surface area contributed by atoms with Crippen molar-refractivity contribution in [1.82, 2.24) is 15.3 Å². The lowest BCUT2D eigenvalue weighted by atomic mass is 9.90. The van der Waals surface area contributed by atoms with E-state index >= 15 is 0 Å². The molecule has 0 radical (unpaired) electrons. The van der Waals surface area contributed by atoms with Gasteiger partial charge in [-0.15, -0.1) is 0 Å². The summed E-state index contributed by atoms with van der Waals surface area (Å²) in [7, 11) is 0. The molecule has 0 unspecified atom stereocenters. The molecule has 1 N–H and O–H groups in total. The van der Waals surface area contributed by atoms with Crippen LogP contribution >= 0.6 is 0 Å². The Kier molecular flexibility index (Phi) is 6.38. The monoisotopic (exact) mass is 400 g/mol. The highest BCUT2D eigenvalue weighted by Crippen LogP contribution is 2.25. The third-order valence-electron chi connectivity index (χ3n) is 5.52. The zero-order chi connectivity index (χ0) is 20.8. The second-order valence-corrected chi connectivity index (χ2v) is 7.80. The molecular formula is C25H28N4O. The van der Waals surface area contributed by atoms with Crippen LogP contribution in [0.3, 0.4) is 0 Å². The molecule has 3 aromatic rings. The molecule has 0 bridgehead atoms. The number of anilines is 1. The summed E-state index contributed by atoms with van der Waals surface area (Å²) >= 11 is 0. The van der Waals surface area contributed by atoms with Crippen molar-refractivity contribution in [3.05, 3.63) is 89.4 Å². The molecule has 5 heteroatoms. The highest BCUT2D eigenvalue weighted by Gasteiger charge is 2.22. The SMILES string of the molecule is Cc1cc(N2CCCCC2)nc(CNC(=O)C(c2ccccc2)c2ccccc2)n1. The van der Waals surface area contributed by atoms with Crippen LogP contribution in [-0.4, -0.2) is 29.0 Å². The minimum Gasteiger partial charge on any atom is -0.357 e. The minimum absolute atomic E-state index is 0.0444. The zero-order valence-corrected chi connectivity index (χ0v) is 17.4. The van der Waals surface area contributed by atoms with E-state index < -0.39 is 0 Å². The number of piperidine rings is 1. The van der Waals surface area contributed by atoms with Crippen molar-refractivity contribution in [1.29, 1.82) is 0 Å². The summed E-state index contributed by atoms with van der Waals surface area (Å²) in [6.45, 7) is 4.37. The first-order valence-electron chi connectivity index (χ1n) is 10.7. The molecule has 30 heavy (non-hydrogen) atoms. The Bertz CT molecular complexity index is 929. The Morgan fingerprint density at radius 2 is 1.53 bits per heavy atom. The van der Waals surface area contributed by atoms with Gasteiger partial charge in [0.1, 0.15) is 11.6 Å². The van der Waals surface area contributed by atoms with Gasteiger partial charge in [-0.2, -0.15) is 0 Å². The van der Waals surface area contributed by atoms with Gasteiger partial charge in [-0.1, -0.05) is 60.7 Å². The van der Waals surface area contributed by atoms with Gasteiger partial charge in [0.05, 0.1) is 12.5 Å². The van der Waals surface area contributed by atoms with Crippen molar-refractivity contribution in [2.45, 2.75) is 38.6 Å². The summed E-state index contributed by atoms with van der Waals surface area (Å²) in [5, 5.41) is 3.07. The van der Waals surface area contributed by atoms with E-state index in [1.165, 1.54) is 19.3 Å². The van der Waals surface area contributed by atoms with Gasteiger partial charge in [0.2, 0.25) is 5.91 Å². The number of hydrogen-bond donors (Lipinski definition) is 1. The van der Waals surface area contributed by atoms with Crippen LogP contribution in [0.25, 0.3) is 0 Å². The lowest BCUT2D eigenvalue weighted by molar-refractivity contribution is -0.121. The van der Waals surface area contributed by atoms with Crippen LogP contribution in [0.4, 0.5) is 5.82 Å². The van der Waals surface area contributed by atoms with E-state index in [2.05, 4.69) is 15.2 Å². The number of aromatic nitrogens is 2. The molecule has 1 aliphatic rings. The van der Waals surface area contributed by atoms with Crippen molar-refractivity contribution in [3.8, 4) is 0 Å². The summed E-state index contributed by atoms with van der Waals surface area (Å²) in [4.78, 5) is 24.8. The molecule has 4 rings (SSSR count). The molecule has 2 heterocycles. The summed E-state index contributed by atoms with van der Waals surface area (Å²) < 4.78 is 0. The number of nitrogens with one attached hydrogen (secondary N) is 1. The fourth-order valence-electron chi connectivity index (χ4n) is 4.03. The highest BCUT2D eigenvalue weighted by molar-refractivity contribution is 5.87. The van der Waals surface area contributed by atoms with Crippen LogP contribution in [0.1, 0.15) is 47.8 Å². The Balaban J connectivity index is 1.52. The number of aryl methyl sites for hydroxylation is 1. The molecule has 1 aromatic heterocycles. The molecule has 1 saturated heterocycles. The van der Waals surface area contributed by atoms with Crippen molar-refractivity contribution < 1.29 is 4.79 Å². The number of nitrogens with zero attached hydrogens (tertiary/aromatic N) is 3. The van der Waals surface area contributed by atoms with Crippen LogP contribution in [0, 0.1) is 6.92 Å². The number of benzene rings is 2. The predicted octanol–water partition coefficient (Wildman–Crippen LogP) is 4.22. The predicted molar refractivity (Wildman–Crippen MR) is 119 cm³/mol. The van der Waals surface area contributed by atoms with Gasteiger partial charge in [0.15, 0.2) is 0 Å². The van der Waals surface area contributed by atoms with E-state index in [1.807, 2.05) is 73.7 Å². The molecule has 1 amide bonds. The van der Waals surface area contributed by atoms with Crippen molar-refractivity contribution >= 4 is 11.7 Å². The van der Waals surface area contributed by atoms with Gasteiger partial charge in [0.25, 0.3) is 0 Å². The molecule has 5 nitrogen and oxygen atoms in total. The summed E-state index contributed by atoms with van der Waals surface area (Å²) in [6.07, 6.45) is 3.68. The quantitative estimate of drug-likeness (QED) is 0.673. The second-order valence-electron chi connectivity index (χ2n) is 7.80. The molecule has 0 saturated carbocycles. The molecule has 1 aliphatic heterocycles. The minimum atomic E-state index is -0.362. The van der Waals surface area contributed by atoms with Crippen LogP contribution in [0.5, 0.6) is 0 Å². The average Bonchev–Trinajstić information content (AvgIpc) is 2.80. The van der Waals surface area contributed by atoms with Gasteiger partial charge in [-0.3, -0.25) is 4.79 Å². The van der Waals surface area contributed by atoms with Crippen molar-refractivity contribution in [2.75, 3.05) is 18.0 Å². The molecule has 0 aliphatic carbocycles. The highest BCUT2D eigenvalue weighted by atomic mass is 16.1. The molecule has 2 aromatic carbocycles. The van der Waals surface area contributed by atoms with E-state index in [1.54, 1.807) is 0 Å². The normalized spacial score (nSPS) is 14.0. The summed E-state index contributed by atoms with van der Waals surface area (Å²) in [6, 6.07) is 21.8. The second kappa shape index (κ2) is 9.53. The molecule has 154 valence electrons. The Labute approximate surface area is 178 Å². The topological polar surface area (TPSA) is 58.1 Å². The lowest BCUT2D eigenvalue weighted by Crippen LogP contribution is -2.32. The third kappa shape index (κ3) is 4.85. The number of rotatable bonds is 6. The fraction of sp³-hybridized carbons (Fsp3) is 0.320. The number of carbonyl (C=O) groups excluding carboxylic acids is 1. The Hall–Kier alpha value is -3.21. The van der Waals surface area contributed by atoms with Crippen LogP contribution in [0.15, 0.2) is 66.7 Å². The van der Waals surface area contributed by atoms with Gasteiger partial charge < -0.3 is 10.2 Å². The molecule has 0 spiro atoms. The fourth-order valence-corrected chi connectivity index (χ4v) is 4.03. The number of amides is 1. The van der Waals surface area contributed by atoms with Crippen LogP contribution < -0.4 is 10.2 Å². The maximum atomic E-state index is 13.2. The molecule has 0 atom stereocenters. The average molecular weight is 401 g/mol. The Morgan fingerprint density at radius 3 is 2.13 bits per heavy atom. The largest absolute Gasteiger partial charge is 0.357 e. The standard InChI is InChI=1S/C25H28N4O/c1-19-17-23(29-15-9-4-10-16-29)28-22(27-19)18-26-25(30)24(20-11-5-2-6-12-20)21-13-7-3-8-14-21/h2-3,5-8,11-14,17,24H,4,9-10,15-16,18H2,1H3,(H,26,30). The Morgan fingerprint density at radius 1 is 0.933 bits per heavy atom. The van der Waals surface area contributed by atoms with Gasteiger partial charge in [-0.05, 0) is 37.3 Å². The lowest BCUT2D eigenvalue weighted by Gasteiger charge is -2.28. The first-order chi connectivity index (χ1) is 14.7. The smallest absolute Gasteiger partial charge is 0.232 e. The van der Waals surface area contributed by atoms with Gasteiger partial charge >= 0.3 is 0 Å². The van der Waals surface area contributed by atoms with E-state index in [-0.39, 0.29) is 11.8 Å². The van der Waals surface area contributed by atoms with Crippen LogP contribution in [-0.2, 0) is 11.3 Å². The summed E-state index contributed by atoms with van der Waals surface area (Å²) in [5.41, 5.74) is 2.87. The number of hydrogen-bond acceptors (Lipinski definition) is 4. The third-order valence-corrected chi connectivity index (χ3v) is 5.52. The van der Waals surface area contributed by atoms with Crippen molar-refractivity contribution in [3.63, 3.8) is 0 Å².